The highest BCUT2D eigenvalue weighted by atomic mass is 35.5. The summed E-state index contributed by atoms with van der Waals surface area (Å²) in [5, 5.41) is 12.9. The van der Waals surface area contributed by atoms with E-state index in [-0.39, 0.29) is 38.7 Å². The maximum atomic E-state index is 13.7. The van der Waals surface area contributed by atoms with Crippen LogP contribution in [-0.2, 0) is 9.59 Å². The van der Waals surface area contributed by atoms with Crippen molar-refractivity contribution in [3.63, 3.8) is 0 Å². The van der Waals surface area contributed by atoms with E-state index in [0.29, 0.717) is 17.9 Å². The van der Waals surface area contributed by atoms with Crippen LogP contribution in [0.5, 0.6) is 11.5 Å². The van der Waals surface area contributed by atoms with Gasteiger partial charge in [0.25, 0.3) is 23.4 Å². The molecule has 0 N–H and O–H groups in total. The van der Waals surface area contributed by atoms with E-state index < -0.39 is 46.8 Å². The molecule has 42 heavy (non-hydrogen) atoms. The first kappa shape index (κ1) is 27.6. The number of amides is 3. The lowest BCUT2D eigenvalue weighted by molar-refractivity contribution is -0.384. The summed E-state index contributed by atoms with van der Waals surface area (Å²) in [7, 11) is 0. The molecule has 10 nitrogen and oxygen atoms in total. The van der Waals surface area contributed by atoms with Crippen LogP contribution in [0.25, 0.3) is 0 Å². The third-order valence-electron chi connectivity index (χ3n) is 7.84. The normalized spacial score (nSPS) is 21.9. The van der Waals surface area contributed by atoms with E-state index in [9.17, 15) is 29.3 Å². The fourth-order valence-corrected chi connectivity index (χ4v) is 6.14. The fraction of sp³-hybridized carbons (Fsp3) is 0.200. The van der Waals surface area contributed by atoms with Gasteiger partial charge in [-0.1, -0.05) is 35.4 Å². The van der Waals surface area contributed by atoms with Crippen LogP contribution in [0, 0.1) is 33.8 Å². The van der Waals surface area contributed by atoms with Crippen molar-refractivity contribution in [3.05, 3.63) is 110 Å². The minimum atomic E-state index is -0.748. The molecule has 4 atom stereocenters. The number of nitrogens with zero attached hydrogens (tertiary/aromatic N) is 3. The van der Waals surface area contributed by atoms with E-state index >= 15 is 0 Å². The zero-order valence-electron chi connectivity index (χ0n) is 21.7. The number of Topliss-reactive ketones (excluding diaryl/α,β-unsaturated/α-hetero) is 1. The Labute approximate surface area is 249 Å². The second kappa shape index (κ2) is 10.7. The lowest BCUT2D eigenvalue weighted by Crippen LogP contribution is -2.52. The minimum Gasteiger partial charge on any atom is -0.457 e. The van der Waals surface area contributed by atoms with Gasteiger partial charge < -0.3 is 4.74 Å². The summed E-state index contributed by atoms with van der Waals surface area (Å²) in [5.74, 6) is -2.85. The number of carbonyl (C=O) groups excluding carboxylic acids is 4. The lowest BCUT2D eigenvalue weighted by Gasteiger charge is -2.31. The molecule has 1 heterocycles. The monoisotopic (exact) mass is 605 g/mol. The van der Waals surface area contributed by atoms with Gasteiger partial charge in [0.15, 0.2) is 5.78 Å². The van der Waals surface area contributed by atoms with Gasteiger partial charge in [-0.05, 0) is 72.9 Å². The quantitative estimate of drug-likeness (QED) is 0.105. The molecular formula is C30H21Cl2N3O7. The van der Waals surface area contributed by atoms with E-state index in [1.807, 2.05) is 12.2 Å². The van der Waals surface area contributed by atoms with Crippen molar-refractivity contribution in [3.8, 4) is 11.5 Å². The number of hydrogen-bond acceptors (Lipinski definition) is 7. The molecule has 12 heteroatoms. The Morgan fingerprint density at radius 1 is 0.857 bits per heavy atom. The Morgan fingerprint density at radius 3 is 1.95 bits per heavy atom. The molecule has 0 aromatic heterocycles. The van der Waals surface area contributed by atoms with Gasteiger partial charge in [0.05, 0.1) is 26.8 Å². The SMILES string of the molecule is O=C(CN(C(=O)c1ccc(Cl)c(Cl)c1)N1C(=O)[C@@H]2[C@H](C1=O)[C@H]1C=C[C@H]2C1)c1ccc(Oc2ccc([N+](=O)[O-])cc2)cc1. The number of halogens is 2. The van der Waals surface area contributed by atoms with Crippen molar-refractivity contribution >= 4 is 52.4 Å². The highest BCUT2D eigenvalue weighted by Crippen LogP contribution is 2.52. The van der Waals surface area contributed by atoms with Crippen molar-refractivity contribution in [2.24, 2.45) is 23.7 Å². The maximum Gasteiger partial charge on any atom is 0.273 e. The van der Waals surface area contributed by atoms with Gasteiger partial charge >= 0.3 is 0 Å². The number of rotatable bonds is 8. The zero-order chi connectivity index (χ0) is 29.7. The summed E-state index contributed by atoms with van der Waals surface area (Å²) in [5.41, 5.74) is 0.188. The Kier molecular flexibility index (Phi) is 7.04. The van der Waals surface area contributed by atoms with E-state index in [1.165, 1.54) is 66.7 Å². The summed E-state index contributed by atoms with van der Waals surface area (Å²) in [6, 6.07) is 15.7. The number of ether oxygens (including phenoxy) is 1. The lowest BCUT2D eigenvalue weighted by atomic mass is 9.85. The summed E-state index contributed by atoms with van der Waals surface area (Å²) < 4.78 is 5.70. The molecule has 2 aliphatic carbocycles. The van der Waals surface area contributed by atoms with Gasteiger partial charge in [0.2, 0.25) is 0 Å². The molecule has 212 valence electrons. The number of hydrogen-bond donors (Lipinski definition) is 0. The van der Waals surface area contributed by atoms with Gasteiger partial charge in [-0.25, -0.2) is 5.01 Å². The predicted molar refractivity (Wildman–Crippen MR) is 151 cm³/mol. The molecule has 3 aromatic carbocycles. The maximum absolute atomic E-state index is 13.7. The Balaban J connectivity index is 1.24. The van der Waals surface area contributed by atoms with E-state index in [0.717, 1.165) is 10.0 Å². The average Bonchev–Trinajstić information content (AvgIpc) is 3.67. The standard InChI is InChI=1S/C30H21Cl2N3O7/c31-23-12-5-19(14-24(23)32)28(37)33(34-29(38)26-17-1-2-18(13-17)27(26)30(34)39)15-25(36)16-3-8-21(9-4-16)42-22-10-6-20(7-11-22)35(40)41/h1-12,14,17-18,26-27H,13,15H2/t17-,18-,26-,27+/m0/s1. The van der Waals surface area contributed by atoms with Gasteiger partial charge in [-0.2, -0.15) is 5.01 Å². The van der Waals surface area contributed by atoms with Crippen molar-refractivity contribution < 1.29 is 28.8 Å². The van der Waals surface area contributed by atoms with Gasteiger partial charge in [-0.15, -0.1) is 0 Å². The largest absolute Gasteiger partial charge is 0.457 e. The second-order valence-corrected chi connectivity index (χ2v) is 11.1. The molecular weight excluding hydrogens is 585 g/mol. The molecule has 0 radical (unpaired) electrons. The van der Waals surface area contributed by atoms with Gasteiger partial charge in [0, 0.05) is 23.3 Å². The molecule has 1 saturated carbocycles. The van der Waals surface area contributed by atoms with E-state index in [4.69, 9.17) is 27.9 Å². The Morgan fingerprint density at radius 2 is 1.40 bits per heavy atom. The summed E-state index contributed by atoms with van der Waals surface area (Å²) in [6.45, 7) is -0.582. The molecule has 1 aliphatic heterocycles. The molecule has 0 unspecified atom stereocenters. The van der Waals surface area contributed by atoms with Crippen LogP contribution >= 0.6 is 23.2 Å². The third-order valence-corrected chi connectivity index (χ3v) is 8.58. The van der Waals surface area contributed by atoms with Crippen molar-refractivity contribution in [1.82, 2.24) is 10.0 Å². The zero-order valence-corrected chi connectivity index (χ0v) is 23.2. The summed E-state index contributed by atoms with van der Waals surface area (Å²) in [6.07, 6.45) is 4.60. The van der Waals surface area contributed by atoms with Crippen molar-refractivity contribution in [1.29, 1.82) is 0 Å². The van der Waals surface area contributed by atoms with Crippen molar-refractivity contribution in [2.45, 2.75) is 6.42 Å². The first-order chi connectivity index (χ1) is 20.1. The molecule has 2 bridgehead atoms. The van der Waals surface area contributed by atoms with Gasteiger partial charge in [-0.3, -0.25) is 29.3 Å². The summed E-state index contributed by atoms with van der Waals surface area (Å²) >= 11 is 12.1. The van der Waals surface area contributed by atoms with Crippen LogP contribution in [0.4, 0.5) is 5.69 Å². The molecule has 0 spiro atoms. The Hall–Kier alpha value is -4.54. The number of benzene rings is 3. The highest BCUT2D eigenvalue weighted by Gasteiger charge is 2.61. The second-order valence-electron chi connectivity index (χ2n) is 10.3. The first-order valence-electron chi connectivity index (χ1n) is 13.0. The number of ketones is 1. The van der Waals surface area contributed by atoms with Crippen LogP contribution in [0.2, 0.25) is 10.0 Å². The number of fused-ring (bicyclic) bond motifs is 5. The first-order valence-corrected chi connectivity index (χ1v) is 13.8. The van der Waals surface area contributed by atoms with Crippen LogP contribution in [0.15, 0.2) is 78.9 Å². The minimum absolute atomic E-state index is 0.0582. The molecule has 3 aromatic rings. The molecule has 6 rings (SSSR count). The molecule has 3 aliphatic rings. The fourth-order valence-electron chi connectivity index (χ4n) is 5.84. The van der Waals surface area contributed by atoms with Crippen LogP contribution in [-0.4, -0.2) is 45.0 Å². The number of imide groups is 1. The number of allylic oxidation sites excluding steroid dienone is 2. The summed E-state index contributed by atoms with van der Waals surface area (Å²) in [4.78, 5) is 64.6. The average molecular weight is 606 g/mol. The topological polar surface area (TPSA) is 127 Å². The number of nitro benzene ring substituents is 1. The van der Waals surface area contributed by atoms with E-state index in [1.54, 1.807) is 0 Å². The molecule has 2 fully saturated rings. The number of non-ortho nitro benzene ring substituents is 1. The van der Waals surface area contributed by atoms with E-state index in [2.05, 4.69) is 0 Å². The predicted octanol–water partition coefficient (Wildman–Crippen LogP) is 5.74. The smallest absolute Gasteiger partial charge is 0.273 e. The molecule has 3 amide bonds. The van der Waals surface area contributed by atoms with Gasteiger partial charge in [0.1, 0.15) is 18.0 Å². The van der Waals surface area contributed by atoms with Crippen LogP contribution in [0.3, 0.4) is 0 Å². The third kappa shape index (κ3) is 4.82. The van der Waals surface area contributed by atoms with Crippen LogP contribution < -0.4 is 4.74 Å². The Bertz CT molecular complexity index is 1640. The number of carbonyl (C=O) groups is 4. The number of nitro groups is 1. The van der Waals surface area contributed by atoms with Crippen LogP contribution in [0.1, 0.15) is 27.1 Å². The number of hydrazine groups is 1. The molecule has 1 saturated heterocycles. The highest BCUT2D eigenvalue weighted by molar-refractivity contribution is 6.42. The van der Waals surface area contributed by atoms with Crippen molar-refractivity contribution in [2.75, 3.05) is 6.54 Å².